The molecule has 0 aliphatic carbocycles. The van der Waals surface area contributed by atoms with E-state index in [4.69, 9.17) is 20.8 Å². The number of rotatable bonds is 2. The van der Waals surface area contributed by atoms with Crippen LogP contribution < -0.4 is 10.3 Å². The third kappa shape index (κ3) is 1.96. The van der Waals surface area contributed by atoms with Gasteiger partial charge >= 0.3 is 0 Å². The van der Waals surface area contributed by atoms with E-state index in [0.717, 1.165) is 0 Å². The van der Waals surface area contributed by atoms with Gasteiger partial charge in [-0.1, -0.05) is 12.1 Å². The van der Waals surface area contributed by atoms with Crippen LogP contribution in [0.25, 0.3) is 22.7 Å². The minimum Gasteiger partial charge on any atom is -0.489 e. The molecule has 0 unspecified atom stereocenters. The van der Waals surface area contributed by atoms with E-state index in [0.29, 0.717) is 11.1 Å². The second-order valence-corrected chi connectivity index (χ2v) is 4.08. The Hall–Kier alpha value is -2.34. The smallest absolute Gasteiger partial charge is 0.295 e. The molecule has 0 aliphatic rings. The SMILES string of the molecule is COc1c(-c2nc3ccccc3o2)nc(Cl)[nH]c1=O. The summed E-state index contributed by atoms with van der Waals surface area (Å²) >= 11 is 5.74. The van der Waals surface area contributed by atoms with Gasteiger partial charge in [0.25, 0.3) is 5.56 Å². The average Bonchev–Trinajstić information content (AvgIpc) is 2.81. The number of nitrogens with one attached hydrogen (secondary N) is 1. The molecule has 7 heteroatoms. The first kappa shape index (κ1) is 11.7. The number of hydrogen-bond donors (Lipinski definition) is 1. The van der Waals surface area contributed by atoms with Gasteiger partial charge in [0.2, 0.25) is 16.9 Å². The summed E-state index contributed by atoms with van der Waals surface area (Å²) < 4.78 is 10.6. The molecule has 2 heterocycles. The standard InChI is InChI=1S/C12H8ClN3O3/c1-18-9-8(15-12(13)16-10(9)17)11-14-6-4-2-3-5-7(6)19-11/h2-5H,1H3,(H,15,16,17). The minimum atomic E-state index is -0.486. The summed E-state index contributed by atoms with van der Waals surface area (Å²) in [4.78, 5) is 22.3. The Labute approximate surface area is 112 Å². The predicted molar refractivity (Wildman–Crippen MR) is 69.4 cm³/mol. The maximum atomic E-state index is 11.7. The number of methoxy groups -OCH3 is 1. The number of nitrogens with zero attached hydrogens (tertiary/aromatic N) is 2. The number of H-pyrrole nitrogens is 1. The van der Waals surface area contributed by atoms with Crippen molar-refractivity contribution in [3.05, 3.63) is 39.9 Å². The van der Waals surface area contributed by atoms with Crippen LogP contribution in [0.2, 0.25) is 5.28 Å². The molecular weight excluding hydrogens is 270 g/mol. The van der Waals surface area contributed by atoms with E-state index in [1.165, 1.54) is 7.11 Å². The van der Waals surface area contributed by atoms with Gasteiger partial charge in [0.15, 0.2) is 11.3 Å². The molecule has 0 amide bonds. The largest absolute Gasteiger partial charge is 0.489 e. The van der Waals surface area contributed by atoms with Gasteiger partial charge in [-0.05, 0) is 23.7 Å². The monoisotopic (exact) mass is 277 g/mol. The molecule has 0 saturated carbocycles. The van der Waals surface area contributed by atoms with Crippen molar-refractivity contribution in [2.75, 3.05) is 7.11 Å². The van der Waals surface area contributed by atoms with Crippen molar-refractivity contribution in [1.29, 1.82) is 0 Å². The van der Waals surface area contributed by atoms with Crippen LogP contribution in [-0.2, 0) is 0 Å². The van der Waals surface area contributed by atoms with Gasteiger partial charge < -0.3 is 9.15 Å². The van der Waals surface area contributed by atoms with Gasteiger partial charge in [0.1, 0.15) is 5.52 Å². The summed E-state index contributed by atoms with van der Waals surface area (Å²) in [5, 5.41) is -0.0527. The van der Waals surface area contributed by atoms with Crippen molar-refractivity contribution in [2.45, 2.75) is 0 Å². The Bertz CT molecular complexity index is 776. The van der Waals surface area contributed by atoms with E-state index in [-0.39, 0.29) is 22.6 Å². The van der Waals surface area contributed by atoms with E-state index in [1.807, 2.05) is 12.1 Å². The first-order valence-corrected chi connectivity index (χ1v) is 5.76. The van der Waals surface area contributed by atoms with Gasteiger partial charge in [0.05, 0.1) is 7.11 Å². The molecule has 1 N–H and O–H groups in total. The first-order valence-electron chi connectivity index (χ1n) is 5.39. The number of halogens is 1. The highest BCUT2D eigenvalue weighted by molar-refractivity contribution is 6.28. The third-order valence-corrected chi connectivity index (χ3v) is 2.73. The van der Waals surface area contributed by atoms with Gasteiger partial charge in [-0.3, -0.25) is 9.78 Å². The molecule has 0 fully saturated rings. The molecule has 19 heavy (non-hydrogen) atoms. The summed E-state index contributed by atoms with van der Waals surface area (Å²) in [6.45, 7) is 0. The van der Waals surface area contributed by atoms with Crippen molar-refractivity contribution in [2.24, 2.45) is 0 Å². The lowest BCUT2D eigenvalue weighted by Gasteiger charge is -2.02. The fraction of sp³-hybridized carbons (Fsp3) is 0.0833. The van der Waals surface area contributed by atoms with Gasteiger partial charge in [0, 0.05) is 0 Å². The molecule has 0 aliphatic heterocycles. The van der Waals surface area contributed by atoms with Crippen LogP contribution in [0.3, 0.4) is 0 Å². The molecule has 6 nitrogen and oxygen atoms in total. The van der Waals surface area contributed by atoms with Crippen molar-refractivity contribution >= 4 is 22.7 Å². The highest BCUT2D eigenvalue weighted by atomic mass is 35.5. The maximum absolute atomic E-state index is 11.7. The van der Waals surface area contributed by atoms with E-state index in [2.05, 4.69) is 15.0 Å². The van der Waals surface area contributed by atoms with E-state index in [9.17, 15) is 4.79 Å². The Morgan fingerprint density at radius 2 is 2.11 bits per heavy atom. The maximum Gasteiger partial charge on any atom is 0.295 e. The molecule has 0 radical (unpaired) electrons. The number of fused-ring (bicyclic) bond motifs is 1. The zero-order chi connectivity index (χ0) is 13.4. The van der Waals surface area contributed by atoms with Crippen LogP contribution >= 0.6 is 11.6 Å². The molecule has 0 bridgehead atoms. The molecular formula is C12H8ClN3O3. The summed E-state index contributed by atoms with van der Waals surface area (Å²) in [6, 6.07) is 7.23. The Morgan fingerprint density at radius 1 is 1.32 bits per heavy atom. The molecule has 0 spiro atoms. The summed E-state index contributed by atoms with van der Waals surface area (Å²) in [5.41, 5.74) is 0.947. The Kier molecular flexibility index (Phi) is 2.72. The van der Waals surface area contributed by atoms with Crippen molar-refractivity contribution in [3.63, 3.8) is 0 Å². The lowest BCUT2D eigenvalue weighted by atomic mass is 10.3. The van der Waals surface area contributed by atoms with E-state index < -0.39 is 5.56 Å². The number of oxazole rings is 1. The van der Waals surface area contributed by atoms with Gasteiger partial charge in [-0.15, -0.1) is 0 Å². The van der Waals surface area contributed by atoms with Crippen LogP contribution in [0.1, 0.15) is 0 Å². The van der Waals surface area contributed by atoms with Crippen molar-refractivity contribution < 1.29 is 9.15 Å². The highest BCUT2D eigenvalue weighted by Gasteiger charge is 2.18. The van der Waals surface area contributed by atoms with Gasteiger partial charge in [-0.2, -0.15) is 0 Å². The molecule has 3 rings (SSSR count). The topological polar surface area (TPSA) is 81.0 Å². The Morgan fingerprint density at radius 3 is 2.84 bits per heavy atom. The highest BCUT2D eigenvalue weighted by Crippen LogP contribution is 2.27. The van der Waals surface area contributed by atoms with Crippen LogP contribution in [0.5, 0.6) is 5.75 Å². The average molecular weight is 278 g/mol. The summed E-state index contributed by atoms with van der Waals surface area (Å²) in [5.74, 6) is 0.196. The van der Waals surface area contributed by atoms with Crippen LogP contribution in [0.4, 0.5) is 0 Å². The van der Waals surface area contributed by atoms with Crippen molar-refractivity contribution in [3.8, 4) is 17.3 Å². The predicted octanol–water partition coefficient (Wildman–Crippen LogP) is 2.24. The van der Waals surface area contributed by atoms with E-state index in [1.54, 1.807) is 12.1 Å². The number of para-hydroxylation sites is 2. The van der Waals surface area contributed by atoms with E-state index >= 15 is 0 Å². The number of benzene rings is 1. The normalized spacial score (nSPS) is 10.8. The number of aromatic nitrogens is 3. The number of hydrogen-bond acceptors (Lipinski definition) is 5. The minimum absolute atomic E-state index is 0.0101. The molecule has 0 saturated heterocycles. The fourth-order valence-corrected chi connectivity index (χ4v) is 1.91. The fourth-order valence-electron chi connectivity index (χ4n) is 1.74. The Balaban J connectivity index is 2.28. The van der Waals surface area contributed by atoms with Gasteiger partial charge in [-0.25, -0.2) is 9.97 Å². The molecule has 0 atom stereocenters. The quantitative estimate of drug-likeness (QED) is 0.727. The molecule has 1 aromatic carbocycles. The second kappa shape index (κ2) is 4.40. The summed E-state index contributed by atoms with van der Waals surface area (Å²) in [7, 11) is 1.37. The zero-order valence-electron chi connectivity index (χ0n) is 9.81. The van der Waals surface area contributed by atoms with Crippen LogP contribution in [-0.4, -0.2) is 22.1 Å². The molecule has 2 aromatic heterocycles. The van der Waals surface area contributed by atoms with Crippen LogP contribution in [0, 0.1) is 0 Å². The second-order valence-electron chi connectivity index (χ2n) is 3.73. The lowest BCUT2D eigenvalue weighted by Crippen LogP contribution is -2.12. The zero-order valence-corrected chi connectivity index (χ0v) is 10.6. The first-order chi connectivity index (χ1) is 9.19. The van der Waals surface area contributed by atoms with Crippen LogP contribution in [0.15, 0.2) is 33.5 Å². The summed E-state index contributed by atoms with van der Waals surface area (Å²) in [6.07, 6.45) is 0. The third-order valence-electron chi connectivity index (χ3n) is 2.55. The lowest BCUT2D eigenvalue weighted by molar-refractivity contribution is 0.406. The molecule has 96 valence electrons. The number of ether oxygens (including phenoxy) is 1. The van der Waals surface area contributed by atoms with Crippen molar-refractivity contribution in [1.82, 2.24) is 15.0 Å². The number of aromatic amines is 1. The molecule has 3 aromatic rings.